The van der Waals surface area contributed by atoms with E-state index in [4.69, 9.17) is 4.74 Å². The summed E-state index contributed by atoms with van der Waals surface area (Å²) in [7, 11) is 0. The first kappa shape index (κ1) is 34.5. The van der Waals surface area contributed by atoms with E-state index in [1.165, 1.54) is 101 Å². The molecule has 1 aliphatic rings. The lowest BCUT2D eigenvalue weighted by Crippen LogP contribution is -2.31. The molecule has 1 atom stereocenters. The largest absolute Gasteiger partial charge is 0.480 e. The zero-order valence-corrected chi connectivity index (χ0v) is 26.9. The van der Waals surface area contributed by atoms with Gasteiger partial charge in [-0.1, -0.05) is 96.8 Å². The number of fused-ring (bicyclic) bond motifs is 1. The molecule has 2 amide bonds. The zero-order valence-electron chi connectivity index (χ0n) is 26.1. The van der Waals surface area contributed by atoms with Crippen molar-refractivity contribution in [3.8, 4) is 5.75 Å². The summed E-state index contributed by atoms with van der Waals surface area (Å²) < 4.78 is 5.84. The predicted molar refractivity (Wildman–Crippen MR) is 177 cm³/mol. The van der Waals surface area contributed by atoms with Gasteiger partial charge in [-0.15, -0.1) is 11.8 Å². The molecule has 2 aromatic rings. The number of hydrogen-bond acceptors (Lipinski definition) is 5. The van der Waals surface area contributed by atoms with Gasteiger partial charge in [-0.05, 0) is 49.1 Å². The SMILES string of the molecule is CCCCCCCCCCCCCCCCCC(=O)Nc1ccc2c(c1)CC(C(=O)Nc1ccc(SC)c(C(=O)O)c1)O2. The van der Waals surface area contributed by atoms with Crippen molar-refractivity contribution >= 4 is 40.9 Å². The molecule has 3 N–H and O–H groups in total. The fraction of sp³-hybridized carbons (Fsp3) is 0.571. The van der Waals surface area contributed by atoms with Crippen LogP contribution in [0, 0.1) is 0 Å². The number of anilines is 2. The summed E-state index contributed by atoms with van der Waals surface area (Å²) in [5.74, 6) is -0.766. The van der Waals surface area contributed by atoms with Crippen LogP contribution in [-0.2, 0) is 16.0 Å². The Kier molecular flexibility index (Phi) is 15.5. The minimum atomic E-state index is -1.04. The predicted octanol–water partition coefficient (Wildman–Crippen LogP) is 9.25. The number of carboxylic acid groups (broad SMARTS) is 1. The summed E-state index contributed by atoms with van der Waals surface area (Å²) in [5.41, 5.74) is 2.11. The summed E-state index contributed by atoms with van der Waals surface area (Å²) >= 11 is 1.34. The molecular formula is C35H50N2O5S. The van der Waals surface area contributed by atoms with E-state index in [0.29, 0.717) is 34.9 Å². The number of amides is 2. The second-order valence-electron chi connectivity index (χ2n) is 11.6. The van der Waals surface area contributed by atoms with Crippen LogP contribution in [0.15, 0.2) is 41.3 Å². The molecule has 1 unspecified atom stereocenters. The fourth-order valence-corrected chi connectivity index (χ4v) is 6.10. The second kappa shape index (κ2) is 19.3. The molecule has 0 spiro atoms. The third-order valence-corrected chi connectivity index (χ3v) is 8.81. The molecule has 8 heteroatoms. The third kappa shape index (κ3) is 12.3. The highest BCUT2D eigenvalue weighted by Gasteiger charge is 2.29. The van der Waals surface area contributed by atoms with Crippen molar-refractivity contribution in [2.24, 2.45) is 0 Å². The summed E-state index contributed by atoms with van der Waals surface area (Å²) in [6, 6.07) is 10.3. The number of carbonyl (C=O) groups is 3. The lowest BCUT2D eigenvalue weighted by molar-refractivity contribution is -0.122. The van der Waals surface area contributed by atoms with Crippen LogP contribution in [0.3, 0.4) is 0 Å². The Labute approximate surface area is 261 Å². The number of ether oxygens (including phenoxy) is 1. The van der Waals surface area contributed by atoms with Crippen LogP contribution in [0.4, 0.5) is 11.4 Å². The van der Waals surface area contributed by atoms with E-state index in [1.54, 1.807) is 30.5 Å². The molecule has 0 fully saturated rings. The lowest BCUT2D eigenvalue weighted by Gasteiger charge is -2.12. The molecule has 0 bridgehead atoms. The second-order valence-corrected chi connectivity index (χ2v) is 12.4. The van der Waals surface area contributed by atoms with Crippen LogP contribution in [0.25, 0.3) is 0 Å². The first-order valence-corrected chi connectivity index (χ1v) is 17.5. The minimum Gasteiger partial charge on any atom is -0.480 e. The van der Waals surface area contributed by atoms with E-state index < -0.39 is 12.1 Å². The summed E-state index contributed by atoms with van der Waals surface area (Å²) in [5, 5.41) is 15.2. The van der Waals surface area contributed by atoms with Gasteiger partial charge in [0.2, 0.25) is 5.91 Å². The number of nitrogens with one attached hydrogen (secondary N) is 2. The Morgan fingerprint density at radius 2 is 1.35 bits per heavy atom. The maximum Gasteiger partial charge on any atom is 0.336 e. The summed E-state index contributed by atoms with van der Waals surface area (Å²) in [4.78, 5) is 37.5. The van der Waals surface area contributed by atoms with Crippen LogP contribution < -0.4 is 15.4 Å². The van der Waals surface area contributed by atoms with Crippen molar-refractivity contribution in [1.82, 2.24) is 0 Å². The standard InChI is InChI=1S/C35H50N2O5S/c1-3-4-5-6-7-8-9-10-11-12-13-14-15-16-17-18-33(38)36-27-19-21-30-26(23-27)24-31(42-30)34(39)37-28-20-22-32(43-2)29(25-28)35(40)41/h19-23,25,31H,3-18,24H2,1-2H3,(H,36,38)(H,37,39)(H,40,41). The fourth-order valence-electron chi connectivity index (χ4n) is 5.53. The molecule has 7 nitrogen and oxygen atoms in total. The number of carbonyl (C=O) groups excluding carboxylic acids is 2. The quantitative estimate of drug-likeness (QED) is 0.0961. The Morgan fingerprint density at radius 1 is 0.791 bits per heavy atom. The van der Waals surface area contributed by atoms with Crippen LogP contribution >= 0.6 is 11.8 Å². The number of hydrogen-bond donors (Lipinski definition) is 3. The van der Waals surface area contributed by atoms with Crippen LogP contribution in [-0.4, -0.2) is 35.2 Å². The third-order valence-electron chi connectivity index (χ3n) is 8.02. The molecule has 0 aromatic heterocycles. The Balaban J connectivity index is 1.27. The summed E-state index contributed by atoms with van der Waals surface area (Å²) in [6.07, 6.45) is 21.4. The van der Waals surface area contributed by atoms with Crippen molar-refractivity contribution in [3.63, 3.8) is 0 Å². The van der Waals surface area contributed by atoms with Gasteiger partial charge in [-0.25, -0.2) is 4.79 Å². The molecule has 0 aliphatic carbocycles. The molecule has 1 aliphatic heterocycles. The van der Waals surface area contributed by atoms with Gasteiger partial charge >= 0.3 is 5.97 Å². The van der Waals surface area contributed by atoms with Crippen molar-refractivity contribution < 1.29 is 24.2 Å². The number of aromatic carboxylic acids is 1. The number of thioether (sulfide) groups is 1. The first-order chi connectivity index (χ1) is 20.9. The highest BCUT2D eigenvalue weighted by atomic mass is 32.2. The van der Waals surface area contributed by atoms with Gasteiger partial charge in [-0.2, -0.15) is 0 Å². The molecule has 0 radical (unpaired) electrons. The maximum absolute atomic E-state index is 12.8. The number of unbranched alkanes of at least 4 members (excludes halogenated alkanes) is 14. The van der Waals surface area contributed by atoms with E-state index in [0.717, 1.165) is 18.4 Å². The van der Waals surface area contributed by atoms with Crippen molar-refractivity contribution in [2.75, 3.05) is 16.9 Å². The van der Waals surface area contributed by atoms with E-state index in [2.05, 4.69) is 17.6 Å². The average Bonchev–Trinajstić information content (AvgIpc) is 3.43. The molecule has 0 saturated carbocycles. The van der Waals surface area contributed by atoms with E-state index >= 15 is 0 Å². The molecule has 3 rings (SSSR count). The molecule has 1 heterocycles. The number of rotatable bonds is 21. The highest BCUT2D eigenvalue weighted by molar-refractivity contribution is 7.98. The van der Waals surface area contributed by atoms with Gasteiger partial charge in [0, 0.05) is 34.7 Å². The van der Waals surface area contributed by atoms with E-state index in [-0.39, 0.29) is 17.4 Å². The van der Waals surface area contributed by atoms with E-state index in [1.807, 2.05) is 6.07 Å². The van der Waals surface area contributed by atoms with Gasteiger partial charge in [0.25, 0.3) is 5.91 Å². The molecule has 0 saturated heterocycles. The van der Waals surface area contributed by atoms with E-state index in [9.17, 15) is 19.5 Å². The monoisotopic (exact) mass is 610 g/mol. The molecule has 2 aromatic carbocycles. The molecule has 43 heavy (non-hydrogen) atoms. The number of carboxylic acids is 1. The zero-order chi connectivity index (χ0) is 30.9. The smallest absolute Gasteiger partial charge is 0.336 e. The Hall–Kier alpha value is -3.00. The summed E-state index contributed by atoms with van der Waals surface area (Å²) in [6.45, 7) is 2.27. The van der Waals surface area contributed by atoms with Gasteiger partial charge in [0.15, 0.2) is 6.10 Å². The van der Waals surface area contributed by atoms with Crippen molar-refractivity contribution in [1.29, 1.82) is 0 Å². The maximum atomic E-state index is 12.8. The van der Waals surface area contributed by atoms with Gasteiger partial charge in [0.1, 0.15) is 5.75 Å². The van der Waals surface area contributed by atoms with Crippen molar-refractivity contribution in [2.45, 2.75) is 127 Å². The van der Waals surface area contributed by atoms with Gasteiger partial charge in [-0.3, -0.25) is 9.59 Å². The average molecular weight is 611 g/mol. The van der Waals surface area contributed by atoms with Gasteiger partial charge in [0.05, 0.1) is 5.56 Å². The number of benzene rings is 2. The molecule has 236 valence electrons. The Bertz CT molecular complexity index is 1180. The first-order valence-electron chi connectivity index (χ1n) is 16.2. The van der Waals surface area contributed by atoms with Crippen LogP contribution in [0.5, 0.6) is 5.75 Å². The highest BCUT2D eigenvalue weighted by Crippen LogP contribution is 2.32. The normalized spacial score (nSPS) is 13.8. The Morgan fingerprint density at radius 3 is 1.93 bits per heavy atom. The minimum absolute atomic E-state index is 0.00535. The van der Waals surface area contributed by atoms with Crippen molar-refractivity contribution in [3.05, 3.63) is 47.5 Å². The lowest BCUT2D eigenvalue weighted by atomic mass is 10.0. The van der Waals surface area contributed by atoms with Crippen LogP contribution in [0.2, 0.25) is 0 Å². The van der Waals surface area contributed by atoms with Crippen LogP contribution in [0.1, 0.15) is 126 Å². The topological polar surface area (TPSA) is 105 Å². The molecular weight excluding hydrogens is 560 g/mol. The van der Waals surface area contributed by atoms with Gasteiger partial charge < -0.3 is 20.5 Å².